The second-order valence-corrected chi connectivity index (χ2v) is 6.25. The number of likely N-dealkylation sites (tertiary alicyclic amines) is 1. The molecule has 6 heteroatoms. The fraction of sp³-hybridized carbons (Fsp3) is 0.529. The topological polar surface area (TPSA) is 80.9 Å². The van der Waals surface area contributed by atoms with Crippen molar-refractivity contribution in [2.24, 2.45) is 0 Å². The van der Waals surface area contributed by atoms with Crippen LogP contribution in [0.4, 0.5) is 0 Å². The summed E-state index contributed by atoms with van der Waals surface area (Å²) in [6.45, 7) is 5.51. The average Bonchev–Trinajstić information content (AvgIpc) is 3.14. The standard InChI is InChI=1S/C17H23N5O/c1-13-15(10-18)9-16(19-13)12-21-5-2-3-14(11-21)17-4-6-22(20-17)7-8-23/h4,6,9,14,19,23H,2-3,5,7-8,11-12H2,1H3/t14-/m0/s1. The predicted octanol–water partition coefficient (Wildman–Crippen LogP) is 1.76. The fourth-order valence-electron chi connectivity index (χ4n) is 3.33. The lowest BCUT2D eigenvalue weighted by molar-refractivity contribution is 0.196. The van der Waals surface area contributed by atoms with Crippen LogP contribution in [0.2, 0.25) is 0 Å². The molecule has 3 rings (SSSR count). The van der Waals surface area contributed by atoms with Gasteiger partial charge in [-0.05, 0) is 38.4 Å². The van der Waals surface area contributed by atoms with Crippen molar-refractivity contribution in [2.45, 2.75) is 38.8 Å². The Morgan fingerprint density at radius 3 is 3.13 bits per heavy atom. The lowest BCUT2D eigenvalue weighted by Crippen LogP contribution is -2.34. The van der Waals surface area contributed by atoms with Crippen molar-refractivity contribution in [3.05, 3.63) is 41.0 Å². The molecule has 0 spiro atoms. The van der Waals surface area contributed by atoms with Gasteiger partial charge in [-0.3, -0.25) is 9.58 Å². The van der Waals surface area contributed by atoms with Crippen LogP contribution in [0.25, 0.3) is 0 Å². The van der Waals surface area contributed by atoms with Crippen LogP contribution in [-0.2, 0) is 13.1 Å². The summed E-state index contributed by atoms with van der Waals surface area (Å²) in [6.07, 6.45) is 4.25. The quantitative estimate of drug-likeness (QED) is 0.881. The van der Waals surface area contributed by atoms with Gasteiger partial charge in [-0.2, -0.15) is 10.4 Å². The first-order chi connectivity index (χ1) is 11.2. The molecule has 0 amide bonds. The molecule has 6 nitrogen and oxygen atoms in total. The molecule has 0 aliphatic carbocycles. The molecule has 2 aromatic rings. The van der Waals surface area contributed by atoms with E-state index >= 15 is 0 Å². The highest BCUT2D eigenvalue weighted by Gasteiger charge is 2.23. The third-order valence-electron chi connectivity index (χ3n) is 4.50. The molecule has 1 fully saturated rings. The van der Waals surface area contributed by atoms with Gasteiger partial charge < -0.3 is 10.1 Å². The Bertz CT molecular complexity index is 696. The molecule has 2 N–H and O–H groups in total. The van der Waals surface area contributed by atoms with E-state index in [4.69, 9.17) is 10.4 Å². The van der Waals surface area contributed by atoms with Gasteiger partial charge in [-0.15, -0.1) is 0 Å². The summed E-state index contributed by atoms with van der Waals surface area (Å²) in [5.41, 5.74) is 3.89. The zero-order valence-electron chi connectivity index (χ0n) is 13.5. The lowest BCUT2D eigenvalue weighted by atomic mass is 9.95. The number of nitriles is 1. The molecule has 0 unspecified atom stereocenters. The third-order valence-corrected chi connectivity index (χ3v) is 4.50. The van der Waals surface area contributed by atoms with Gasteiger partial charge in [-0.25, -0.2) is 0 Å². The highest BCUT2D eigenvalue weighted by molar-refractivity contribution is 5.35. The molecule has 23 heavy (non-hydrogen) atoms. The average molecular weight is 313 g/mol. The van der Waals surface area contributed by atoms with Crippen molar-refractivity contribution in [3.63, 3.8) is 0 Å². The lowest BCUT2D eigenvalue weighted by Gasteiger charge is -2.31. The van der Waals surface area contributed by atoms with Crippen LogP contribution >= 0.6 is 0 Å². The summed E-state index contributed by atoms with van der Waals surface area (Å²) in [5.74, 6) is 0.440. The first-order valence-electron chi connectivity index (χ1n) is 8.14. The number of aryl methyl sites for hydroxylation is 1. The summed E-state index contributed by atoms with van der Waals surface area (Å²) in [4.78, 5) is 5.73. The van der Waals surface area contributed by atoms with Crippen molar-refractivity contribution < 1.29 is 5.11 Å². The minimum absolute atomic E-state index is 0.116. The summed E-state index contributed by atoms with van der Waals surface area (Å²) < 4.78 is 1.81. The van der Waals surface area contributed by atoms with Crippen molar-refractivity contribution in [3.8, 4) is 6.07 Å². The molecule has 0 radical (unpaired) electrons. The normalized spacial score (nSPS) is 18.9. The van der Waals surface area contributed by atoms with Gasteiger partial charge in [0.1, 0.15) is 6.07 Å². The first kappa shape index (κ1) is 15.8. The second kappa shape index (κ2) is 6.99. The number of hydrogen-bond acceptors (Lipinski definition) is 4. The zero-order valence-corrected chi connectivity index (χ0v) is 13.5. The third kappa shape index (κ3) is 3.63. The fourth-order valence-corrected chi connectivity index (χ4v) is 3.33. The van der Waals surface area contributed by atoms with Gasteiger partial charge in [0.15, 0.2) is 0 Å². The van der Waals surface area contributed by atoms with Gasteiger partial charge in [0.05, 0.1) is 24.4 Å². The van der Waals surface area contributed by atoms with Crippen LogP contribution in [0.15, 0.2) is 18.3 Å². The summed E-state index contributed by atoms with van der Waals surface area (Å²) in [5, 5.41) is 22.6. The SMILES string of the molecule is Cc1[nH]c(CN2CCC[C@H](c3ccn(CCO)n3)C2)cc1C#N. The molecule has 0 aromatic carbocycles. The molecule has 2 aromatic heterocycles. The van der Waals surface area contributed by atoms with Crippen LogP contribution in [0.3, 0.4) is 0 Å². The summed E-state index contributed by atoms with van der Waals surface area (Å²) >= 11 is 0. The van der Waals surface area contributed by atoms with Crippen LogP contribution in [-0.4, -0.2) is 44.5 Å². The molecule has 1 aliphatic heterocycles. The van der Waals surface area contributed by atoms with E-state index in [2.05, 4.69) is 27.1 Å². The van der Waals surface area contributed by atoms with E-state index in [9.17, 15) is 0 Å². The van der Waals surface area contributed by atoms with E-state index in [1.165, 1.54) is 0 Å². The van der Waals surface area contributed by atoms with Gasteiger partial charge in [0.25, 0.3) is 0 Å². The Kier molecular flexibility index (Phi) is 4.79. The Morgan fingerprint density at radius 1 is 1.52 bits per heavy atom. The van der Waals surface area contributed by atoms with Crippen LogP contribution in [0.1, 0.15) is 41.4 Å². The van der Waals surface area contributed by atoms with Crippen molar-refractivity contribution in [1.82, 2.24) is 19.7 Å². The number of piperidine rings is 1. The van der Waals surface area contributed by atoms with E-state index in [1.807, 2.05) is 23.9 Å². The molecule has 122 valence electrons. The molecule has 3 heterocycles. The van der Waals surface area contributed by atoms with E-state index < -0.39 is 0 Å². The highest BCUT2D eigenvalue weighted by Crippen LogP contribution is 2.26. The molecule has 0 bridgehead atoms. The number of rotatable bonds is 5. The van der Waals surface area contributed by atoms with E-state index in [-0.39, 0.29) is 6.61 Å². The largest absolute Gasteiger partial charge is 0.394 e. The van der Waals surface area contributed by atoms with Crippen LogP contribution in [0, 0.1) is 18.3 Å². The monoisotopic (exact) mass is 313 g/mol. The number of H-pyrrole nitrogens is 1. The van der Waals surface area contributed by atoms with Crippen molar-refractivity contribution in [1.29, 1.82) is 5.26 Å². The minimum Gasteiger partial charge on any atom is -0.394 e. The maximum Gasteiger partial charge on any atom is 0.101 e. The highest BCUT2D eigenvalue weighted by atomic mass is 16.3. The minimum atomic E-state index is 0.116. The van der Waals surface area contributed by atoms with Gasteiger partial charge in [0.2, 0.25) is 0 Å². The number of nitrogens with one attached hydrogen (secondary N) is 1. The molecule has 0 saturated carbocycles. The van der Waals surface area contributed by atoms with Gasteiger partial charge in [0, 0.05) is 36.6 Å². The summed E-state index contributed by atoms with van der Waals surface area (Å²) in [7, 11) is 0. The smallest absolute Gasteiger partial charge is 0.101 e. The van der Waals surface area contributed by atoms with Crippen LogP contribution in [0.5, 0.6) is 0 Å². The number of aromatic amines is 1. The first-order valence-corrected chi connectivity index (χ1v) is 8.14. The van der Waals surface area contributed by atoms with E-state index in [0.717, 1.165) is 55.1 Å². The Morgan fingerprint density at radius 2 is 2.39 bits per heavy atom. The maximum absolute atomic E-state index is 9.06. The molecular formula is C17H23N5O. The van der Waals surface area contributed by atoms with Gasteiger partial charge in [-0.1, -0.05) is 0 Å². The summed E-state index contributed by atoms with van der Waals surface area (Å²) in [6, 6.07) is 6.24. The Balaban J connectivity index is 1.64. The van der Waals surface area contributed by atoms with Crippen LogP contribution < -0.4 is 0 Å². The Hall–Kier alpha value is -2.10. The number of aliphatic hydroxyl groups is 1. The number of nitrogens with zero attached hydrogens (tertiary/aromatic N) is 4. The van der Waals surface area contributed by atoms with E-state index in [1.54, 1.807) is 0 Å². The molecule has 1 atom stereocenters. The number of hydrogen-bond donors (Lipinski definition) is 2. The second-order valence-electron chi connectivity index (χ2n) is 6.25. The van der Waals surface area contributed by atoms with Crippen molar-refractivity contribution >= 4 is 0 Å². The predicted molar refractivity (Wildman–Crippen MR) is 86.8 cm³/mol. The molecule has 1 aliphatic rings. The van der Waals surface area contributed by atoms with Gasteiger partial charge >= 0.3 is 0 Å². The maximum atomic E-state index is 9.06. The molecule has 1 saturated heterocycles. The Labute approximate surface area is 136 Å². The zero-order chi connectivity index (χ0) is 16.2. The van der Waals surface area contributed by atoms with Crippen molar-refractivity contribution in [2.75, 3.05) is 19.7 Å². The number of aromatic nitrogens is 3. The van der Waals surface area contributed by atoms with E-state index in [0.29, 0.717) is 12.5 Å². The molecular weight excluding hydrogens is 290 g/mol. The number of aliphatic hydroxyl groups excluding tert-OH is 1.